The highest BCUT2D eigenvalue weighted by Gasteiger charge is 2.30. The number of alkyl halides is 2. The van der Waals surface area contributed by atoms with Gasteiger partial charge in [0, 0.05) is 4.47 Å². The van der Waals surface area contributed by atoms with Crippen LogP contribution < -0.4 is 0 Å². The highest BCUT2D eigenvalue weighted by molar-refractivity contribution is 9.12. The van der Waals surface area contributed by atoms with Gasteiger partial charge in [-0.15, -0.1) is 0 Å². The van der Waals surface area contributed by atoms with Crippen LogP contribution in [-0.2, 0) is 0 Å². The van der Waals surface area contributed by atoms with Gasteiger partial charge in [0.1, 0.15) is 0 Å². The van der Waals surface area contributed by atoms with Gasteiger partial charge in [0.2, 0.25) is 0 Å². The van der Waals surface area contributed by atoms with Crippen molar-refractivity contribution in [3.63, 3.8) is 0 Å². The lowest BCUT2D eigenvalue weighted by Gasteiger charge is -2.06. The van der Waals surface area contributed by atoms with Crippen LogP contribution in [0.4, 0.5) is 0 Å². The summed E-state index contributed by atoms with van der Waals surface area (Å²) in [6.07, 6.45) is 0. The largest absolute Gasteiger partial charge is 0.0823 e. The highest BCUT2D eigenvalue weighted by atomic mass is 79.9. The van der Waals surface area contributed by atoms with Gasteiger partial charge >= 0.3 is 0 Å². The van der Waals surface area contributed by atoms with Gasteiger partial charge in [0.05, 0.1) is 9.65 Å². The summed E-state index contributed by atoms with van der Waals surface area (Å²) < 4.78 is 1.17. The first-order valence-electron chi connectivity index (χ1n) is 4.69. The summed E-state index contributed by atoms with van der Waals surface area (Å²) in [6, 6.07) is 10.8. The Morgan fingerprint density at radius 3 is 2.27 bits per heavy atom. The Bertz CT molecular complexity index is 534. The second-order valence-electron chi connectivity index (χ2n) is 3.71. The number of hydrogen-bond acceptors (Lipinski definition) is 0. The highest BCUT2D eigenvalue weighted by Crippen LogP contribution is 2.53. The van der Waals surface area contributed by atoms with E-state index >= 15 is 0 Å². The molecular weight excluding hydrogens is 384 g/mol. The van der Waals surface area contributed by atoms with Gasteiger partial charge in [0.25, 0.3) is 0 Å². The fourth-order valence-corrected chi connectivity index (χ4v) is 4.00. The van der Waals surface area contributed by atoms with Crippen molar-refractivity contribution in [2.75, 3.05) is 0 Å². The van der Waals surface area contributed by atoms with Gasteiger partial charge in [0.15, 0.2) is 0 Å². The quantitative estimate of drug-likeness (QED) is 0.522. The van der Waals surface area contributed by atoms with Gasteiger partial charge in [-0.2, -0.15) is 0 Å². The van der Waals surface area contributed by atoms with Crippen molar-refractivity contribution in [2.24, 2.45) is 0 Å². The molecule has 2 aromatic rings. The van der Waals surface area contributed by atoms with Gasteiger partial charge in [-0.3, -0.25) is 0 Å². The maximum absolute atomic E-state index is 3.74. The molecule has 1 aliphatic rings. The Balaban J connectivity index is 2.51. The molecule has 0 bridgehead atoms. The SMILES string of the molecule is Brc1ccc2c3c(cccc13)[C@H](Br)[C@H]2Br. The van der Waals surface area contributed by atoms with Crippen LogP contribution in [0.1, 0.15) is 20.8 Å². The first-order valence-corrected chi connectivity index (χ1v) is 7.32. The third-order valence-corrected chi connectivity index (χ3v) is 6.35. The Kier molecular flexibility index (Phi) is 2.45. The Morgan fingerprint density at radius 2 is 1.53 bits per heavy atom. The third kappa shape index (κ3) is 1.36. The number of benzene rings is 2. The van der Waals surface area contributed by atoms with E-state index in [1.807, 2.05) is 0 Å². The molecule has 76 valence electrons. The van der Waals surface area contributed by atoms with Gasteiger partial charge in [-0.05, 0) is 28.0 Å². The zero-order chi connectivity index (χ0) is 10.6. The molecule has 1 aliphatic carbocycles. The van der Waals surface area contributed by atoms with Crippen molar-refractivity contribution < 1.29 is 0 Å². The van der Waals surface area contributed by atoms with Crippen molar-refractivity contribution in [1.29, 1.82) is 0 Å². The van der Waals surface area contributed by atoms with Crippen LogP contribution in [0.15, 0.2) is 34.8 Å². The molecule has 0 fully saturated rings. The molecule has 3 heteroatoms. The first kappa shape index (κ1) is 10.3. The monoisotopic (exact) mass is 388 g/mol. The standard InChI is InChI=1S/C12H7Br3/c13-9-5-4-8-10-6(9)2-1-3-7(10)11(14)12(8)15/h1-5,11-12H/t11-,12-/m0/s1. The maximum Gasteiger partial charge on any atom is 0.0567 e. The van der Waals surface area contributed by atoms with Gasteiger partial charge in [-0.25, -0.2) is 0 Å². The summed E-state index contributed by atoms with van der Waals surface area (Å²) in [4.78, 5) is 0.760. The Hall–Kier alpha value is 0.140. The average molecular weight is 391 g/mol. The maximum atomic E-state index is 3.74. The van der Waals surface area contributed by atoms with E-state index in [4.69, 9.17) is 0 Å². The van der Waals surface area contributed by atoms with Crippen LogP contribution in [0.5, 0.6) is 0 Å². The molecule has 2 aromatic carbocycles. The van der Waals surface area contributed by atoms with Gasteiger partial charge in [-0.1, -0.05) is 72.1 Å². The molecule has 0 saturated carbocycles. The third-order valence-electron chi connectivity index (χ3n) is 2.90. The summed E-state index contributed by atoms with van der Waals surface area (Å²) in [7, 11) is 0. The van der Waals surface area contributed by atoms with E-state index < -0.39 is 0 Å². The van der Waals surface area contributed by atoms with Crippen molar-refractivity contribution >= 4 is 58.6 Å². The number of rotatable bonds is 0. The van der Waals surface area contributed by atoms with Crippen LogP contribution in [0.25, 0.3) is 10.8 Å². The smallest absolute Gasteiger partial charge is 0.0567 e. The van der Waals surface area contributed by atoms with E-state index in [1.54, 1.807) is 0 Å². The van der Waals surface area contributed by atoms with E-state index in [1.165, 1.54) is 26.4 Å². The van der Waals surface area contributed by atoms with Crippen LogP contribution in [0.2, 0.25) is 0 Å². The Labute approximate surface area is 113 Å². The molecule has 0 nitrogen and oxygen atoms in total. The summed E-state index contributed by atoms with van der Waals surface area (Å²) in [5, 5.41) is 2.69. The molecule has 2 atom stereocenters. The molecule has 15 heavy (non-hydrogen) atoms. The fourth-order valence-electron chi connectivity index (χ4n) is 2.20. The zero-order valence-electron chi connectivity index (χ0n) is 7.68. The molecule has 0 saturated heterocycles. The van der Waals surface area contributed by atoms with Crippen molar-refractivity contribution in [2.45, 2.75) is 9.65 Å². The Morgan fingerprint density at radius 1 is 0.867 bits per heavy atom. The molecule has 0 heterocycles. The molecule has 0 aromatic heterocycles. The average Bonchev–Trinajstić information content (AvgIpc) is 2.50. The normalized spacial score (nSPS) is 23.7. The number of halogens is 3. The molecule has 3 rings (SSSR count). The van der Waals surface area contributed by atoms with Crippen molar-refractivity contribution in [1.82, 2.24) is 0 Å². The van der Waals surface area contributed by atoms with Gasteiger partial charge < -0.3 is 0 Å². The predicted octanol–water partition coefficient (Wildman–Crippen LogP) is 5.49. The number of hydrogen-bond donors (Lipinski definition) is 0. The summed E-state index contributed by atoms with van der Waals surface area (Å²) in [5.74, 6) is 0. The van der Waals surface area contributed by atoms with E-state index in [-0.39, 0.29) is 0 Å². The molecular formula is C12H7Br3. The lowest BCUT2D eigenvalue weighted by molar-refractivity contribution is 0.999. The minimum Gasteiger partial charge on any atom is -0.0823 e. The van der Waals surface area contributed by atoms with Crippen molar-refractivity contribution in [3.05, 3.63) is 45.9 Å². The summed E-state index contributed by atoms with van der Waals surface area (Å²) >= 11 is 11.1. The topological polar surface area (TPSA) is 0 Å². The molecule has 0 aliphatic heterocycles. The molecule has 0 spiro atoms. The first-order chi connectivity index (χ1) is 7.20. The van der Waals surface area contributed by atoms with E-state index in [2.05, 4.69) is 78.1 Å². The van der Waals surface area contributed by atoms with Crippen molar-refractivity contribution in [3.8, 4) is 0 Å². The minimum absolute atomic E-state index is 0.380. The molecule has 0 unspecified atom stereocenters. The summed E-state index contributed by atoms with van der Waals surface area (Å²) in [6.45, 7) is 0. The minimum atomic E-state index is 0.380. The molecule has 0 N–H and O–H groups in total. The summed E-state index contributed by atoms with van der Waals surface area (Å²) in [5.41, 5.74) is 2.76. The lowest BCUT2D eigenvalue weighted by atomic mass is 10.1. The predicted molar refractivity (Wildman–Crippen MR) is 75.0 cm³/mol. The van der Waals surface area contributed by atoms with Crippen LogP contribution in [-0.4, -0.2) is 0 Å². The molecule has 0 amide bonds. The van der Waals surface area contributed by atoms with E-state index in [0.717, 1.165) is 0 Å². The van der Waals surface area contributed by atoms with Crippen LogP contribution in [0.3, 0.4) is 0 Å². The van der Waals surface area contributed by atoms with Crippen LogP contribution in [0, 0.1) is 0 Å². The van der Waals surface area contributed by atoms with E-state index in [0.29, 0.717) is 9.65 Å². The van der Waals surface area contributed by atoms with E-state index in [9.17, 15) is 0 Å². The zero-order valence-corrected chi connectivity index (χ0v) is 12.4. The second-order valence-corrected chi connectivity index (χ2v) is 6.54. The molecule has 0 radical (unpaired) electrons. The van der Waals surface area contributed by atoms with Crippen LogP contribution >= 0.6 is 47.8 Å². The fraction of sp³-hybridized carbons (Fsp3) is 0.167. The lowest BCUT2D eigenvalue weighted by Crippen LogP contribution is -1.87. The second kappa shape index (κ2) is 3.57.